The Morgan fingerprint density at radius 1 is 1.14 bits per heavy atom. The molecule has 2 aliphatic heterocycles. The van der Waals surface area contributed by atoms with Crippen molar-refractivity contribution in [1.29, 1.82) is 0 Å². The normalized spacial score (nSPS) is 20.8. The number of nitrogens with one attached hydrogen (secondary N) is 2. The number of rotatable bonds is 5. The molecule has 1 saturated heterocycles. The van der Waals surface area contributed by atoms with Gasteiger partial charge in [0.1, 0.15) is 5.82 Å². The van der Waals surface area contributed by atoms with Crippen molar-refractivity contribution in [3.63, 3.8) is 0 Å². The highest BCUT2D eigenvalue weighted by Crippen LogP contribution is 2.28. The SMILES string of the molecule is Cc1cccc(C2C=CN(c3cc(N4CCOCC4)n4nc(C(=O)NC5CCCC5)cc4n3)N2)c1. The summed E-state index contributed by atoms with van der Waals surface area (Å²) < 4.78 is 7.36. The number of hydrogen-bond donors (Lipinski definition) is 2. The van der Waals surface area contributed by atoms with E-state index in [1.165, 1.54) is 24.0 Å². The molecule has 9 heteroatoms. The number of nitrogens with zero attached hydrogens (tertiary/aromatic N) is 5. The minimum absolute atomic E-state index is 0.0671. The Morgan fingerprint density at radius 2 is 1.97 bits per heavy atom. The van der Waals surface area contributed by atoms with Gasteiger partial charge < -0.3 is 15.0 Å². The highest BCUT2D eigenvalue weighted by atomic mass is 16.5. The van der Waals surface area contributed by atoms with Gasteiger partial charge in [0.2, 0.25) is 0 Å². The predicted molar refractivity (Wildman–Crippen MR) is 134 cm³/mol. The molecule has 6 rings (SSSR count). The third-order valence-corrected chi connectivity index (χ3v) is 7.01. The van der Waals surface area contributed by atoms with Crippen LogP contribution in [-0.4, -0.2) is 52.9 Å². The molecule has 1 amide bonds. The first-order valence-corrected chi connectivity index (χ1v) is 12.5. The molecule has 2 N–H and O–H groups in total. The smallest absolute Gasteiger partial charge is 0.272 e. The van der Waals surface area contributed by atoms with Crippen LogP contribution in [-0.2, 0) is 4.74 Å². The first kappa shape index (κ1) is 22.1. The summed E-state index contributed by atoms with van der Waals surface area (Å²) in [5.74, 6) is 1.53. The van der Waals surface area contributed by atoms with E-state index in [9.17, 15) is 4.79 Å². The van der Waals surface area contributed by atoms with Gasteiger partial charge in [0.05, 0.1) is 19.3 Å². The minimum atomic E-state index is -0.129. The van der Waals surface area contributed by atoms with E-state index in [0.717, 1.165) is 37.6 Å². The molecule has 182 valence electrons. The zero-order chi connectivity index (χ0) is 23.8. The van der Waals surface area contributed by atoms with E-state index in [2.05, 4.69) is 58.0 Å². The van der Waals surface area contributed by atoms with Crippen molar-refractivity contribution in [1.82, 2.24) is 25.3 Å². The molecule has 9 nitrogen and oxygen atoms in total. The van der Waals surface area contributed by atoms with Gasteiger partial charge in [0.15, 0.2) is 17.2 Å². The van der Waals surface area contributed by atoms with E-state index in [1.807, 2.05) is 17.3 Å². The third-order valence-electron chi connectivity index (χ3n) is 7.01. The van der Waals surface area contributed by atoms with Crippen LogP contribution in [0.25, 0.3) is 5.65 Å². The van der Waals surface area contributed by atoms with Crippen LogP contribution in [0.4, 0.5) is 11.6 Å². The molecule has 4 heterocycles. The fourth-order valence-electron chi connectivity index (χ4n) is 5.13. The van der Waals surface area contributed by atoms with Crippen molar-refractivity contribution < 1.29 is 9.53 Å². The third kappa shape index (κ3) is 4.49. The van der Waals surface area contributed by atoms with Gasteiger partial charge in [-0.3, -0.25) is 9.80 Å². The zero-order valence-corrected chi connectivity index (χ0v) is 20.0. The number of hydrogen-bond acceptors (Lipinski definition) is 7. The molecule has 3 aromatic rings. The summed E-state index contributed by atoms with van der Waals surface area (Å²) in [6.45, 7) is 4.94. The van der Waals surface area contributed by atoms with Crippen LogP contribution in [0.1, 0.15) is 53.3 Å². The lowest BCUT2D eigenvalue weighted by Gasteiger charge is -2.29. The molecule has 0 radical (unpaired) electrons. The molecule has 1 aliphatic carbocycles. The molecule has 1 atom stereocenters. The van der Waals surface area contributed by atoms with Gasteiger partial charge in [-0.25, -0.2) is 10.4 Å². The number of ether oxygens (including phenoxy) is 1. The molecule has 0 spiro atoms. The Kier molecular flexibility index (Phi) is 5.87. The molecule has 1 saturated carbocycles. The van der Waals surface area contributed by atoms with Gasteiger partial charge in [0, 0.05) is 37.5 Å². The summed E-state index contributed by atoms with van der Waals surface area (Å²) in [5, 5.41) is 9.76. The largest absolute Gasteiger partial charge is 0.378 e. The number of amides is 1. The van der Waals surface area contributed by atoms with E-state index >= 15 is 0 Å². The molecule has 1 unspecified atom stereocenters. The maximum atomic E-state index is 12.9. The van der Waals surface area contributed by atoms with Gasteiger partial charge in [-0.2, -0.15) is 9.61 Å². The van der Waals surface area contributed by atoms with E-state index < -0.39 is 0 Å². The Balaban J connectivity index is 1.32. The number of anilines is 2. The molecular formula is C26H31N7O2. The van der Waals surface area contributed by atoms with Crippen molar-refractivity contribution >= 4 is 23.2 Å². The van der Waals surface area contributed by atoms with Crippen molar-refractivity contribution in [2.24, 2.45) is 0 Å². The van der Waals surface area contributed by atoms with Crippen LogP contribution in [0.2, 0.25) is 0 Å². The first-order chi connectivity index (χ1) is 17.1. The quantitative estimate of drug-likeness (QED) is 0.589. The molecule has 0 bridgehead atoms. The van der Waals surface area contributed by atoms with Gasteiger partial charge in [-0.1, -0.05) is 42.7 Å². The first-order valence-electron chi connectivity index (χ1n) is 12.5. The standard InChI is InChI=1S/C26H31N7O2/c1-18-5-4-6-19(15-18)21-9-10-32(29-21)23-17-25(31-11-13-35-14-12-31)33-24(28-23)16-22(30-33)26(34)27-20-7-2-3-8-20/h4-6,9-10,15-17,20-21,29H,2-3,7-8,11-14H2,1H3,(H,27,34). The highest BCUT2D eigenvalue weighted by molar-refractivity contribution is 5.93. The van der Waals surface area contributed by atoms with Gasteiger partial charge >= 0.3 is 0 Å². The Bertz CT molecular complexity index is 1260. The van der Waals surface area contributed by atoms with Crippen LogP contribution in [0.15, 0.2) is 48.7 Å². The van der Waals surface area contributed by atoms with E-state index in [0.29, 0.717) is 24.6 Å². The lowest BCUT2D eigenvalue weighted by Crippen LogP contribution is -2.38. The summed E-state index contributed by atoms with van der Waals surface area (Å²) in [7, 11) is 0. The highest BCUT2D eigenvalue weighted by Gasteiger charge is 2.25. The Morgan fingerprint density at radius 3 is 2.77 bits per heavy atom. The second-order valence-electron chi connectivity index (χ2n) is 9.56. The molecule has 1 aromatic carbocycles. The van der Waals surface area contributed by atoms with E-state index in [-0.39, 0.29) is 18.0 Å². The predicted octanol–water partition coefficient (Wildman–Crippen LogP) is 3.13. The lowest BCUT2D eigenvalue weighted by molar-refractivity contribution is 0.0932. The summed E-state index contributed by atoms with van der Waals surface area (Å²) in [6, 6.07) is 12.6. The Hall–Kier alpha value is -3.43. The molecular weight excluding hydrogens is 442 g/mol. The summed E-state index contributed by atoms with van der Waals surface area (Å²) in [5.41, 5.74) is 7.01. The Labute approximate surface area is 204 Å². The number of benzene rings is 1. The van der Waals surface area contributed by atoms with E-state index in [1.54, 1.807) is 10.6 Å². The second-order valence-corrected chi connectivity index (χ2v) is 9.56. The topological polar surface area (TPSA) is 87.0 Å². The number of morpholine rings is 1. The van der Waals surface area contributed by atoms with Crippen molar-refractivity contribution in [2.75, 3.05) is 36.2 Å². The van der Waals surface area contributed by atoms with Crippen LogP contribution < -0.4 is 20.7 Å². The number of carbonyl (C=O) groups is 1. The van der Waals surface area contributed by atoms with Crippen LogP contribution in [0.3, 0.4) is 0 Å². The van der Waals surface area contributed by atoms with Crippen molar-refractivity contribution in [3.8, 4) is 0 Å². The molecule has 3 aliphatic rings. The number of hydrazine groups is 1. The van der Waals surface area contributed by atoms with E-state index in [4.69, 9.17) is 9.72 Å². The van der Waals surface area contributed by atoms with Gasteiger partial charge in [-0.05, 0) is 31.4 Å². The minimum Gasteiger partial charge on any atom is -0.378 e. The summed E-state index contributed by atoms with van der Waals surface area (Å²) >= 11 is 0. The lowest BCUT2D eigenvalue weighted by atomic mass is 10.1. The van der Waals surface area contributed by atoms with Gasteiger partial charge in [-0.15, -0.1) is 0 Å². The average molecular weight is 474 g/mol. The molecule has 2 aromatic heterocycles. The molecule has 35 heavy (non-hydrogen) atoms. The number of carbonyl (C=O) groups excluding carboxylic acids is 1. The second kappa shape index (κ2) is 9.31. The van der Waals surface area contributed by atoms with Crippen LogP contribution in [0.5, 0.6) is 0 Å². The fraction of sp³-hybridized carbons (Fsp3) is 0.423. The maximum Gasteiger partial charge on any atom is 0.272 e. The van der Waals surface area contributed by atoms with Crippen LogP contribution in [0, 0.1) is 6.92 Å². The molecule has 2 fully saturated rings. The maximum absolute atomic E-state index is 12.9. The number of fused-ring (bicyclic) bond motifs is 1. The summed E-state index contributed by atoms with van der Waals surface area (Å²) in [4.78, 5) is 20.1. The average Bonchev–Trinajstić information content (AvgIpc) is 3.64. The van der Waals surface area contributed by atoms with Crippen LogP contribution >= 0.6 is 0 Å². The van der Waals surface area contributed by atoms with Crippen molar-refractivity contribution in [2.45, 2.75) is 44.7 Å². The number of aromatic nitrogens is 3. The zero-order valence-electron chi connectivity index (χ0n) is 20.0. The summed E-state index contributed by atoms with van der Waals surface area (Å²) in [6.07, 6.45) is 8.56. The van der Waals surface area contributed by atoms with Gasteiger partial charge in [0.25, 0.3) is 5.91 Å². The fourth-order valence-corrected chi connectivity index (χ4v) is 5.13. The monoisotopic (exact) mass is 473 g/mol. The number of aryl methyl sites for hydroxylation is 1. The van der Waals surface area contributed by atoms with Crippen molar-refractivity contribution in [3.05, 3.63) is 65.5 Å².